The highest BCUT2D eigenvalue weighted by Gasteiger charge is 2.03. The second kappa shape index (κ2) is 8.44. The van der Waals surface area contributed by atoms with Crippen LogP contribution in [0.25, 0.3) is 0 Å². The van der Waals surface area contributed by atoms with Crippen molar-refractivity contribution in [2.45, 2.75) is 38.7 Å². The molecule has 0 aliphatic rings. The minimum Gasteiger partial charge on any atom is -0.462 e. The average molecular weight is 216 g/mol. The van der Waals surface area contributed by atoms with Crippen LogP contribution in [0.2, 0.25) is 0 Å². The molecular weight excluding hydrogens is 196 g/mol. The summed E-state index contributed by atoms with van der Waals surface area (Å²) in [6.07, 6.45) is 2.44. The number of ether oxygens (including phenoxy) is 1. The van der Waals surface area contributed by atoms with Crippen molar-refractivity contribution >= 4 is 5.97 Å². The van der Waals surface area contributed by atoms with Crippen LogP contribution in [0.3, 0.4) is 0 Å². The lowest BCUT2D eigenvalue weighted by Gasteiger charge is -2.06. The van der Waals surface area contributed by atoms with E-state index in [0.29, 0.717) is 18.6 Å². The van der Waals surface area contributed by atoms with E-state index in [9.17, 15) is 4.79 Å². The highest BCUT2D eigenvalue weighted by Crippen LogP contribution is 2.04. The van der Waals surface area contributed by atoms with Crippen LogP contribution in [0.1, 0.15) is 32.6 Å². The number of hydrogen-bond donors (Lipinski definition) is 2. The molecule has 4 heteroatoms. The van der Waals surface area contributed by atoms with Gasteiger partial charge in [0.2, 0.25) is 0 Å². The molecule has 1 atom stereocenters. The number of hydrogen-bond acceptors (Lipinski definition) is 4. The average Bonchev–Trinajstić information content (AvgIpc) is 2.22. The number of rotatable bonds is 8. The van der Waals surface area contributed by atoms with Crippen molar-refractivity contribution in [1.29, 1.82) is 0 Å². The molecule has 0 aromatic heterocycles. The molecule has 1 unspecified atom stereocenters. The SMILES string of the molecule is C=C(C)C(=O)OCCCCCC(O)CO. The molecule has 0 heterocycles. The number of esters is 1. The Labute approximate surface area is 90.6 Å². The Morgan fingerprint density at radius 2 is 2.07 bits per heavy atom. The zero-order valence-corrected chi connectivity index (χ0v) is 9.24. The summed E-state index contributed by atoms with van der Waals surface area (Å²) in [6.45, 7) is 5.28. The minimum atomic E-state index is -0.622. The number of unbranched alkanes of at least 4 members (excludes halogenated alkanes) is 2. The summed E-state index contributed by atoms with van der Waals surface area (Å²) < 4.78 is 4.89. The number of aliphatic hydroxyl groups is 2. The third-order valence-electron chi connectivity index (χ3n) is 1.97. The maximum atomic E-state index is 10.9. The van der Waals surface area contributed by atoms with Crippen LogP contribution in [0, 0.1) is 0 Å². The van der Waals surface area contributed by atoms with Gasteiger partial charge in [0.15, 0.2) is 0 Å². The second-order valence-electron chi connectivity index (χ2n) is 3.60. The van der Waals surface area contributed by atoms with Crippen LogP contribution in [-0.4, -0.2) is 35.5 Å². The fourth-order valence-electron chi connectivity index (χ4n) is 1.04. The Bertz CT molecular complexity index is 201. The molecule has 0 radical (unpaired) electrons. The smallest absolute Gasteiger partial charge is 0.333 e. The Morgan fingerprint density at radius 3 is 2.60 bits per heavy atom. The quantitative estimate of drug-likeness (QED) is 0.361. The van der Waals surface area contributed by atoms with Gasteiger partial charge in [0, 0.05) is 5.57 Å². The Balaban J connectivity index is 3.25. The predicted octanol–water partition coefficient (Wildman–Crippen LogP) is 1.02. The van der Waals surface area contributed by atoms with E-state index in [0.717, 1.165) is 19.3 Å². The fraction of sp³-hybridized carbons (Fsp3) is 0.727. The Kier molecular flexibility index (Phi) is 7.95. The van der Waals surface area contributed by atoms with E-state index in [2.05, 4.69) is 6.58 Å². The molecule has 2 N–H and O–H groups in total. The lowest BCUT2D eigenvalue weighted by Crippen LogP contribution is -2.11. The van der Waals surface area contributed by atoms with Crippen molar-refractivity contribution in [2.24, 2.45) is 0 Å². The first-order chi connectivity index (χ1) is 7.07. The first kappa shape index (κ1) is 14.1. The van der Waals surface area contributed by atoms with Gasteiger partial charge in [-0.05, 0) is 26.2 Å². The summed E-state index contributed by atoms with van der Waals surface area (Å²) in [4.78, 5) is 10.9. The van der Waals surface area contributed by atoms with Crippen LogP contribution >= 0.6 is 0 Å². The van der Waals surface area contributed by atoms with Crippen molar-refractivity contribution < 1.29 is 19.7 Å². The van der Waals surface area contributed by atoms with Gasteiger partial charge < -0.3 is 14.9 Å². The van der Waals surface area contributed by atoms with Crippen LogP contribution in [0.15, 0.2) is 12.2 Å². The van der Waals surface area contributed by atoms with Gasteiger partial charge in [-0.3, -0.25) is 0 Å². The Hall–Kier alpha value is -0.870. The zero-order valence-electron chi connectivity index (χ0n) is 9.24. The highest BCUT2D eigenvalue weighted by molar-refractivity contribution is 5.86. The van der Waals surface area contributed by atoms with Crippen LogP contribution in [0.5, 0.6) is 0 Å². The summed E-state index contributed by atoms with van der Waals surface area (Å²) in [5.41, 5.74) is 0.408. The summed E-state index contributed by atoms with van der Waals surface area (Å²) in [5, 5.41) is 17.6. The molecule has 0 fully saturated rings. The predicted molar refractivity (Wildman–Crippen MR) is 57.3 cm³/mol. The van der Waals surface area contributed by atoms with Crippen molar-refractivity contribution in [2.75, 3.05) is 13.2 Å². The van der Waals surface area contributed by atoms with Crippen LogP contribution in [-0.2, 0) is 9.53 Å². The molecule has 0 spiro atoms. The van der Waals surface area contributed by atoms with Gasteiger partial charge >= 0.3 is 5.97 Å². The second-order valence-corrected chi connectivity index (χ2v) is 3.60. The van der Waals surface area contributed by atoms with Gasteiger partial charge in [-0.25, -0.2) is 4.79 Å². The van der Waals surface area contributed by atoms with E-state index in [1.165, 1.54) is 0 Å². The van der Waals surface area contributed by atoms with Crippen molar-refractivity contribution in [3.63, 3.8) is 0 Å². The van der Waals surface area contributed by atoms with E-state index in [-0.39, 0.29) is 12.6 Å². The van der Waals surface area contributed by atoms with Crippen molar-refractivity contribution in [1.82, 2.24) is 0 Å². The molecule has 0 amide bonds. The number of aliphatic hydroxyl groups excluding tert-OH is 2. The zero-order chi connectivity index (χ0) is 11.7. The first-order valence-corrected chi connectivity index (χ1v) is 5.19. The lowest BCUT2D eigenvalue weighted by molar-refractivity contribution is -0.139. The molecule has 88 valence electrons. The summed E-state index contributed by atoms with van der Waals surface area (Å²) >= 11 is 0. The van der Waals surface area contributed by atoms with Gasteiger partial charge in [0.25, 0.3) is 0 Å². The van der Waals surface area contributed by atoms with E-state index in [1.54, 1.807) is 6.92 Å². The van der Waals surface area contributed by atoms with Crippen LogP contribution < -0.4 is 0 Å². The summed E-state index contributed by atoms with van der Waals surface area (Å²) in [5.74, 6) is -0.356. The molecule has 4 nitrogen and oxygen atoms in total. The molecule has 0 bridgehead atoms. The normalized spacial score (nSPS) is 12.2. The summed E-state index contributed by atoms with van der Waals surface area (Å²) in [6, 6.07) is 0. The van der Waals surface area contributed by atoms with Gasteiger partial charge in [0.1, 0.15) is 0 Å². The first-order valence-electron chi connectivity index (χ1n) is 5.19. The summed E-state index contributed by atoms with van der Waals surface area (Å²) in [7, 11) is 0. The molecule has 0 saturated heterocycles. The number of carbonyl (C=O) groups excluding carboxylic acids is 1. The molecule has 15 heavy (non-hydrogen) atoms. The third kappa shape index (κ3) is 8.15. The Morgan fingerprint density at radius 1 is 1.40 bits per heavy atom. The largest absolute Gasteiger partial charge is 0.462 e. The van der Waals surface area contributed by atoms with Crippen molar-refractivity contribution in [3.05, 3.63) is 12.2 Å². The number of carbonyl (C=O) groups is 1. The molecule has 0 aliphatic carbocycles. The third-order valence-corrected chi connectivity index (χ3v) is 1.97. The van der Waals surface area contributed by atoms with Gasteiger partial charge in [-0.1, -0.05) is 13.0 Å². The molecule has 0 rings (SSSR count). The topological polar surface area (TPSA) is 66.8 Å². The van der Waals surface area contributed by atoms with Gasteiger partial charge in [0.05, 0.1) is 19.3 Å². The van der Waals surface area contributed by atoms with Crippen LogP contribution in [0.4, 0.5) is 0 Å². The van der Waals surface area contributed by atoms with Gasteiger partial charge in [-0.2, -0.15) is 0 Å². The van der Waals surface area contributed by atoms with Gasteiger partial charge in [-0.15, -0.1) is 0 Å². The molecule has 0 aromatic carbocycles. The molecular formula is C11H20O4. The molecule has 0 aromatic rings. The van der Waals surface area contributed by atoms with E-state index in [1.807, 2.05) is 0 Å². The van der Waals surface area contributed by atoms with E-state index >= 15 is 0 Å². The monoisotopic (exact) mass is 216 g/mol. The van der Waals surface area contributed by atoms with Crippen molar-refractivity contribution in [3.8, 4) is 0 Å². The van der Waals surface area contributed by atoms with E-state index < -0.39 is 6.10 Å². The highest BCUT2D eigenvalue weighted by atomic mass is 16.5. The maximum Gasteiger partial charge on any atom is 0.333 e. The molecule has 0 aliphatic heterocycles. The van der Waals surface area contributed by atoms with E-state index in [4.69, 9.17) is 14.9 Å². The standard InChI is InChI=1S/C11H20O4/c1-9(2)11(14)15-7-5-3-4-6-10(13)8-12/h10,12-13H,1,3-8H2,2H3. The lowest BCUT2D eigenvalue weighted by atomic mass is 10.1. The minimum absolute atomic E-state index is 0.190. The maximum absolute atomic E-state index is 10.9. The fourth-order valence-corrected chi connectivity index (χ4v) is 1.04. The molecule has 0 saturated carbocycles.